The van der Waals surface area contributed by atoms with Crippen molar-refractivity contribution in [2.75, 3.05) is 19.7 Å². The molecular weight excluding hydrogens is 420 g/mol. The second-order valence-electron chi connectivity index (χ2n) is 9.63. The topological polar surface area (TPSA) is 95.9 Å². The fourth-order valence-electron chi connectivity index (χ4n) is 5.55. The van der Waals surface area contributed by atoms with Gasteiger partial charge in [0, 0.05) is 19.0 Å². The van der Waals surface area contributed by atoms with E-state index in [4.69, 9.17) is 4.74 Å². The number of fused-ring (bicyclic) bond motifs is 4. The second kappa shape index (κ2) is 8.21. The Balaban J connectivity index is 1.21. The van der Waals surface area contributed by atoms with Crippen LogP contribution in [0, 0.1) is 23.7 Å². The molecule has 1 heterocycles. The van der Waals surface area contributed by atoms with Crippen molar-refractivity contribution in [1.82, 2.24) is 10.2 Å². The van der Waals surface area contributed by atoms with Crippen molar-refractivity contribution < 1.29 is 24.2 Å². The molecular formula is C26H28N2O5. The number of hydrogen-bond donors (Lipinski definition) is 2. The highest BCUT2D eigenvalue weighted by atomic mass is 16.5. The number of carboxylic acid groups (broad SMARTS) is 1. The van der Waals surface area contributed by atoms with Crippen molar-refractivity contribution in [3.8, 4) is 11.1 Å². The Morgan fingerprint density at radius 2 is 1.55 bits per heavy atom. The molecule has 33 heavy (non-hydrogen) atoms. The third kappa shape index (κ3) is 3.75. The van der Waals surface area contributed by atoms with Crippen LogP contribution in [0.2, 0.25) is 0 Å². The van der Waals surface area contributed by atoms with E-state index in [2.05, 4.69) is 29.6 Å². The largest absolute Gasteiger partial charge is 0.481 e. The molecule has 4 atom stereocenters. The van der Waals surface area contributed by atoms with Gasteiger partial charge in [0.15, 0.2) is 0 Å². The maximum absolute atomic E-state index is 13.1. The molecule has 2 amide bonds. The van der Waals surface area contributed by atoms with Crippen molar-refractivity contribution in [2.45, 2.75) is 25.8 Å². The minimum Gasteiger partial charge on any atom is -0.481 e. The number of hydrogen-bond acceptors (Lipinski definition) is 4. The van der Waals surface area contributed by atoms with E-state index in [1.807, 2.05) is 38.1 Å². The van der Waals surface area contributed by atoms with Crippen LogP contribution in [0.25, 0.3) is 11.1 Å². The first-order chi connectivity index (χ1) is 15.9. The van der Waals surface area contributed by atoms with Crippen LogP contribution in [0.1, 0.15) is 30.9 Å². The maximum Gasteiger partial charge on any atom is 0.407 e. The molecule has 3 aliphatic rings. The molecule has 0 radical (unpaired) electrons. The van der Waals surface area contributed by atoms with Crippen molar-refractivity contribution in [3.63, 3.8) is 0 Å². The third-order valence-corrected chi connectivity index (χ3v) is 7.34. The van der Waals surface area contributed by atoms with E-state index in [1.54, 1.807) is 4.90 Å². The Morgan fingerprint density at radius 1 is 1.00 bits per heavy atom. The summed E-state index contributed by atoms with van der Waals surface area (Å²) in [5.41, 5.74) is 4.58. The van der Waals surface area contributed by atoms with Gasteiger partial charge in [0.05, 0.1) is 5.92 Å². The zero-order valence-electron chi connectivity index (χ0n) is 18.7. The first-order valence-corrected chi connectivity index (χ1v) is 11.5. The average Bonchev–Trinajstić information content (AvgIpc) is 3.16. The Hall–Kier alpha value is -3.35. The van der Waals surface area contributed by atoms with E-state index in [0.29, 0.717) is 13.1 Å². The summed E-state index contributed by atoms with van der Waals surface area (Å²) in [4.78, 5) is 38.6. The molecule has 2 aromatic rings. The molecule has 1 saturated carbocycles. The lowest BCUT2D eigenvalue weighted by molar-refractivity contribution is -0.141. The van der Waals surface area contributed by atoms with Crippen molar-refractivity contribution in [3.05, 3.63) is 59.7 Å². The molecule has 2 aliphatic carbocycles. The summed E-state index contributed by atoms with van der Waals surface area (Å²) in [6, 6.07) is 15.6. The van der Waals surface area contributed by atoms with Crippen LogP contribution < -0.4 is 5.32 Å². The number of likely N-dealkylation sites (tertiary alicyclic amines) is 1. The number of aliphatic carboxylic acids is 1. The molecule has 0 bridgehead atoms. The molecule has 1 unspecified atom stereocenters. The average molecular weight is 449 g/mol. The summed E-state index contributed by atoms with van der Waals surface area (Å²) < 4.78 is 5.61. The van der Waals surface area contributed by atoms with E-state index in [9.17, 15) is 19.5 Å². The Kier molecular flexibility index (Phi) is 5.35. The van der Waals surface area contributed by atoms with Gasteiger partial charge in [0.1, 0.15) is 12.6 Å². The van der Waals surface area contributed by atoms with Gasteiger partial charge in [-0.3, -0.25) is 9.59 Å². The van der Waals surface area contributed by atoms with E-state index in [-0.39, 0.29) is 42.1 Å². The molecule has 2 aromatic carbocycles. The molecule has 5 rings (SSSR count). The predicted molar refractivity (Wildman–Crippen MR) is 122 cm³/mol. The number of rotatable bonds is 6. The standard InChI is InChI=1S/C26H28N2O5/c1-14(2)23(24(29)28-11-19-20(12-28)22(19)25(30)31)27-26(32)33-13-21-17-9-5-3-7-15(17)16-8-4-6-10-18(16)21/h3-10,14,19-23H,11-13H2,1-2H3,(H,27,32)(H,30,31)/t19-,20+,22?,23-/m1/s1. The monoisotopic (exact) mass is 448 g/mol. The number of benzene rings is 2. The molecule has 0 spiro atoms. The normalized spacial score (nSPS) is 23.5. The van der Waals surface area contributed by atoms with Gasteiger partial charge in [-0.1, -0.05) is 62.4 Å². The van der Waals surface area contributed by atoms with E-state index >= 15 is 0 Å². The van der Waals surface area contributed by atoms with Crippen LogP contribution >= 0.6 is 0 Å². The van der Waals surface area contributed by atoms with Crippen LogP contribution in [0.5, 0.6) is 0 Å². The first-order valence-electron chi connectivity index (χ1n) is 11.5. The van der Waals surface area contributed by atoms with Gasteiger partial charge >= 0.3 is 12.1 Å². The number of nitrogens with zero attached hydrogens (tertiary/aromatic N) is 1. The summed E-state index contributed by atoms with van der Waals surface area (Å²) in [5.74, 6) is -1.38. The summed E-state index contributed by atoms with van der Waals surface area (Å²) in [6.07, 6.45) is -0.614. The molecule has 1 saturated heterocycles. The first kappa shape index (κ1) is 21.5. The lowest BCUT2D eigenvalue weighted by Gasteiger charge is -2.28. The summed E-state index contributed by atoms with van der Waals surface area (Å²) in [5, 5.41) is 12.0. The van der Waals surface area contributed by atoms with Crippen LogP contribution in [0.15, 0.2) is 48.5 Å². The fourth-order valence-corrected chi connectivity index (χ4v) is 5.55. The number of ether oxygens (including phenoxy) is 1. The van der Waals surface area contributed by atoms with Gasteiger partial charge in [-0.2, -0.15) is 0 Å². The number of alkyl carbamates (subject to hydrolysis) is 1. The van der Waals surface area contributed by atoms with Gasteiger partial charge in [0.2, 0.25) is 5.91 Å². The minimum atomic E-state index is -0.783. The molecule has 2 fully saturated rings. The number of carbonyl (C=O) groups excluding carboxylic acids is 2. The molecule has 2 N–H and O–H groups in total. The molecule has 7 nitrogen and oxygen atoms in total. The highest BCUT2D eigenvalue weighted by Gasteiger charge is 2.61. The Labute approximate surface area is 192 Å². The highest BCUT2D eigenvalue weighted by molar-refractivity contribution is 5.87. The Morgan fingerprint density at radius 3 is 2.06 bits per heavy atom. The van der Waals surface area contributed by atoms with Crippen molar-refractivity contribution >= 4 is 18.0 Å². The highest BCUT2D eigenvalue weighted by Crippen LogP contribution is 2.52. The summed E-state index contributed by atoms with van der Waals surface area (Å²) in [6.45, 7) is 4.82. The molecule has 7 heteroatoms. The SMILES string of the molecule is CC(C)[C@@H](NC(=O)OCC1c2ccccc2-c2ccccc21)C(=O)N1C[C@@H]2C(C(=O)O)[C@@H]2C1. The van der Waals surface area contributed by atoms with Gasteiger partial charge in [-0.05, 0) is 40.0 Å². The van der Waals surface area contributed by atoms with Gasteiger partial charge in [0.25, 0.3) is 0 Å². The lowest BCUT2D eigenvalue weighted by Crippen LogP contribution is -2.51. The van der Waals surface area contributed by atoms with Gasteiger partial charge in [-0.25, -0.2) is 4.79 Å². The van der Waals surface area contributed by atoms with E-state index in [1.165, 1.54) is 0 Å². The number of carboxylic acids is 1. The second-order valence-corrected chi connectivity index (χ2v) is 9.63. The minimum absolute atomic E-state index is 0.0358. The zero-order valence-corrected chi connectivity index (χ0v) is 18.7. The van der Waals surface area contributed by atoms with E-state index < -0.39 is 18.1 Å². The molecule has 1 aliphatic heterocycles. The van der Waals surface area contributed by atoms with Crippen LogP contribution in [0.4, 0.5) is 4.79 Å². The number of piperidine rings is 1. The third-order valence-electron chi connectivity index (χ3n) is 7.34. The number of nitrogens with one attached hydrogen (secondary N) is 1. The van der Waals surface area contributed by atoms with Gasteiger partial charge < -0.3 is 20.1 Å². The summed E-state index contributed by atoms with van der Waals surface area (Å²) >= 11 is 0. The van der Waals surface area contributed by atoms with Crippen LogP contribution in [-0.2, 0) is 14.3 Å². The van der Waals surface area contributed by atoms with Crippen LogP contribution in [0.3, 0.4) is 0 Å². The molecule has 172 valence electrons. The fraction of sp³-hybridized carbons (Fsp3) is 0.423. The predicted octanol–water partition coefficient (Wildman–Crippen LogP) is 3.34. The van der Waals surface area contributed by atoms with Gasteiger partial charge in [-0.15, -0.1) is 0 Å². The van der Waals surface area contributed by atoms with Crippen molar-refractivity contribution in [2.24, 2.45) is 23.7 Å². The van der Waals surface area contributed by atoms with Crippen molar-refractivity contribution in [1.29, 1.82) is 0 Å². The smallest absolute Gasteiger partial charge is 0.407 e. The summed E-state index contributed by atoms with van der Waals surface area (Å²) in [7, 11) is 0. The lowest BCUT2D eigenvalue weighted by atomic mass is 9.98. The number of carbonyl (C=O) groups is 3. The Bertz CT molecular complexity index is 1060. The zero-order chi connectivity index (χ0) is 23.3. The quantitative estimate of drug-likeness (QED) is 0.707. The number of amides is 2. The van der Waals surface area contributed by atoms with Crippen LogP contribution in [-0.4, -0.2) is 53.7 Å². The van der Waals surface area contributed by atoms with E-state index in [0.717, 1.165) is 22.3 Å². The molecule has 0 aromatic heterocycles. The maximum atomic E-state index is 13.1.